The topological polar surface area (TPSA) is 83.7 Å². The van der Waals surface area contributed by atoms with E-state index in [-0.39, 0.29) is 5.97 Å². The van der Waals surface area contributed by atoms with Crippen molar-refractivity contribution < 1.29 is 9.53 Å². The molecule has 4 aromatic rings. The van der Waals surface area contributed by atoms with E-state index in [1.165, 1.54) is 47.3 Å². The highest BCUT2D eigenvalue weighted by Crippen LogP contribution is 2.38. The van der Waals surface area contributed by atoms with Crippen LogP contribution in [-0.2, 0) is 30.4 Å². The van der Waals surface area contributed by atoms with Crippen molar-refractivity contribution in [3.05, 3.63) is 58.7 Å². The monoisotopic (exact) mass is 528 g/mol. The third-order valence-electron chi connectivity index (χ3n) is 8.81. The predicted octanol–water partition coefficient (Wildman–Crippen LogP) is 7.60. The summed E-state index contributed by atoms with van der Waals surface area (Å²) in [6.45, 7) is 16.2. The molecule has 0 saturated heterocycles. The number of fused-ring (bicyclic) bond motifs is 4. The summed E-state index contributed by atoms with van der Waals surface area (Å²) >= 11 is 0. The van der Waals surface area contributed by atoms with Crippen LogP contribution in [0.2, 0.25) is 0 Å². The Morgan fingerprint density at radius 1 is 0.872 bits per heavy atom. The molecule has 6 heteroatoms. The van der Waals surface area contributed by atoms with Crippen LogP contribution < -0.4 is 0 Å². The van der Waals surface area contributed by atoms with Gasteiger partial charge in [-0.05, 0) is 104 Å². The number of esters is 1. The number of H-pyrrole nitrogens is 2. The molecule has 0 spiro atoms. The van der Waals surface area contributed by atoms with E-state index in [1.54, 1.807) is 6.07 Å². The molecule has 0 aliphatic heterocycles. The Morgan fingerprint density at radius 3 is 2.00 bits per heavy atom. The molecular weight excluding hydrogens is 484 g/mol. The van der Waals surface area contributed by atoms with Crippen molar-refractivity contribution >= 4 is 28.0 Å². The molecule has 2 unspecified atom stereocenters. The highest BCUT2D eigenvalue weighted by molar-refractivity contribution is 5.93. The number of carbonyl (C=O) groups excluding carboxylic acids is 1. The maximum Gasteiger partial charge on any atom is 0.354 e. The number of nitrogens with one attached hydrogen (secondary N) is 2. The fraction of sp³-hybridized carbons (Fsp3) is 0.545. The first-order valence-electron chi connectivity index (χ1n) is 14.6. The lowest BCUT2D eigenvalue weighted by atomic mass is 9.71. The molecule has 2 aliphatic carbocycles. The number of aryl methyl sites for hydroxylation is 2. The molecule has 6 rings (SSSR count). The van der Waals surface area contributed by atoms with E-state index in [9.17, 15) is 4.79 Å². The molecule has 0 amide bonds. The van der Waals surface area contributed by atoms with Crippen molar-refractivity contribution in [3.63, 3.8) is 0 Å². The molecule has 0 bridgehead atoms. The second-order valence-corrected chi connectivity index (χ2v) is 13.5. The van der Waals surface area contributed by atoms with Gasteiger partial charge in [-0.15, -0.1) is 0 Å². The largest absolute Gasteiger partial charge is 0.461 e. The van der Waals surface area contributed by atoms with E-state index in [1.807, 2.05) is 13.1 Å². The zero-order chi connectivity index (χ0) is 27.9. The second kappa shape index (κ2) is 10.4. The first kappa shape index (κ1) is 27.4. The highest BCUT2D eigenvalue weighted by Gasteiger charge is 2.30. The standard InChI is InChI=1S/C18H24N2O2.C15H20N2/c1-5-22-17(21)16-10-15-14(20-16)9-11-8-12(18(2,3)4)6-7-13(11)19-15;1-15(2,3)11-4-5-12-10(8-11)9-14-13(17-12)6-7-16-14/h9-10,12,20H,5-8H2,1-4H3;6-7,9,11,16H,4-5,8H2,1-3H3. The summed E-state index contributed by atoms with van der Waals surface area (Å²) in [5.74, 6) is 1.15. The van der Waals surface area contributed by atoms with Crippen molar-refractivity contribution in [3.8, 4) is 0 Å². The number of carbonyl (C=O) groups is 1. The van der Waals surface area contributed by atoms with Gasteiger partial charge in [-0.1, -0.05) is 41.5 Å². The number of hydrogen-bond acceptors (Lipinski definition) is 4. The van der Waals surface area contributed by atoms with Crippen LogP contribution in [-0.4, -0.2) is 32.5 Å². The van der Waals surface area contributed by atoms with Gasteiger partial charge in [0.05, 0.1) is 28.7 Å². The van der Waals surface area contributed by atoms with E-state index < -0.39 is 0 Å². The van der Waals surface area contributed by atoms with Gasteiger partial charge in [-0.2, -0.15) is 0 Å². The molecule has 0 aromatic carbocycles. The SMILES string of the molecule is CC(C)(C)C1CCc2nc3cc[nH]c3cc2C1.CCOC(=O)c1cc2nc3c(cc2[nH]1)CC(C(C)(C)C)CC3. The summed E-state index contributed by atoms with van der Waals surface area (Å²) in [6.07, 6.45) is 8.84. The van der Waals surface area contributed by atoms with Gasteiger partial charge in [0.15, 0.2) is 0 Å². The van der Waals surface area contributed by atoms with E-state index in [2.05, 4.69) is 69.7 Å². The van der Waals surface area contributed by atoms with Gasteiger partial charge in [-0.25, -0.2) is 4.79 Å². The highest BCUT2D eigenvalue weighted by atomic mass is 16.5. The average molecular weight is 529 g/mol. The maximum atomic E-state index is 11.8. The predicted molar refractivity (Wildman–Crippen MR) is 158 cm³/mol. The zero-order valence-electron chi connectivity index (χ0n) is 24.7. The Balaban J connectivity index is 0.000000163. The molecule has 6 nitrogen and oxygen atoms in total. The first-order valence-corrected chi connectivity index (χ1v) is 14.6. The van der Waals surface area contributed by atoms with Crippen molar-refractivity contribution in [2.45, 2.75) is 87.0 Å². The summed E-state index contributed by atoms with van der Waals surface area (Å²) in [5, 5.41) is 0. The molecule has 2 aliphatic rings. The number of aromatic amines is 2. The Labute approximate surface area is 232 Å². The summed E-state index contributed by atoms with van der Waals surface area (Å²) in [7, 11) is 0. The summed E-state index contributed by atoms with van der Waals surface area (Å²) in [6, 6.07) is 8.32. The molecule has 2 N–H and O–H groups in total. The minimum Gasteiger partial charge on any atom is -0.461 e. The van der Waals surface area contributed by atoms with Crippen molar-refractivity contribution in [1.82, 2.24) is 19.9 Å². The average Bonchev–Trinajstić information content (AvgIpc) is 3.50. The van der Waals surface area contributed by atoms with Gasteiger partial charge < -0.3 is 14.7 Å². The van der Waals surface area contributed by atoms with Gasteiger partial charge in [-0.3, -0.25) is 9.97 Å². The minimum absolute atomic E-state index is 0.314. The van der Waals surface area contributed by atoms with E-state index >= 15 is 0 Å². The van der Waals surface area contributed by atoms with Crippen molar-refractivity contribution in [2.75, 3.05) is 6.61 Å². The zero-order valence-corrected chi connectivity index (χ0v) is 24.7. The summed E-state index contributed by atoms with van der Waals surface area (Å²) in [5.41, 5.74) is 10.5. The fourth-order valence-electron chi connectivity index (χ4n) is 6.14. The van der Waals surface area contributed by atoms with E-state index in [0.717, 1.165) is 41.7 Å². The third kappa shape index (κ3) is 5.90. The van der Waals surface area contributed by atoms with Crippen molar-refractivity contribution in [1.29, 1.82) is 0 Å². The molecular formula is C33H44N4O2. The molecule has 4 heterocycles. The summed E-state index contributed by atoms with van der Waals surface area (Å²) in [4.78, 5) is 27.8. The minimum atomic E-state index is -0.314. The summed E-state index contributed by atoms with van der Waals surface area (Å²) < 4.78 is 5.05. The molecule has 0 saturated carbocycles. The molecule has 0 radical (unpaired) electrons. The lowest BCUT2D eigenvalue weighted by Gasteiger charge is -2.34. The van der Waals surface area contributed by atoms with Crippen LogP contribution in [0.1, 0.15) is 94.3 Å². The molecule has 0 fully saturated rings. The lowest BCUT2D eigenvalue weighted by Crippen LogP contribution is -2.27. The van der Waals surface area contributed by atoms with Crippen LogP contribution in [0.5, 0.6) is 0 Å². The third-order valence-corrected chi connectivity index (χ3v) is 8.81. The van der Waals surface area contributed by atoms with E-state index in [4.69, 9.17) is 14.7 Å². The van der Waals surface area contributed by atoms with Crippen molar-refractivity contribution in [2.24, 2.45) is 22.7 Å². The first-order chi connectivity index (χ1) is 18.4. The van der Waals surface area contributed by atoms with Gasteiger partial charge >= 0.3 is 5.97 Å². The smallest absolute Gasteiger partial charge is 0.354 e. The number of hydrogen-bond donors (Lipinski definition) is 2. The van der Waals surface area contributed by atoms with Gasteiger partial charge in [0.2, 0.25) is 0 Å². The van der Waals surface area contributed by atoms with Crippen LogP contribution in [0.4, 0.5) is 0 Å². The van der Waals surface area contributed by atoms with Crippen LogP contribution in [0.25, 0.3) is 22.1 Å². The van der Waals surface area contributed by atoms with E-state index in [0.29, 0.717) is 29.0 Å². The Hall–Kier alpha value is -3.15. The van der Waals surface area contributed by atoms with Crippen LogP contribution >= 0.6 is 0 Å². The number of pyridine rings is 2. The molecule has 39 heavy (non-hydrogen) atoms. The van der Waals surface area contributed by atoms with Gasteiger partial charge in [0, 0.05) is 17.6 Å². The van der Waals surface area contributed by atoms with Crippen LogP contribution in [0.15, 0.2) is 30.5 Å². The van der Waals surface area contributed by atoms with Crippen LogP contribution in [0, 0.1) is 22.7 Å². The lowest BCUT2D eigenvalue weighted by molar-refractivity contribution is 0.0520. The van der Waals surface area contributed by atoms with Gasteiger partial charge in [0.1, 0.15) is 5.69 Å². The fourth-order valence-corrected chi connectivity index (χ4v) is 6.14. The normalized spacial score (nSPS) is 19.3. The van der Waals surface area contributed by atoms with Gasteiger partial charge in [0.25, 0.3) is 0 Å². The Kier molecular flexibility index (Phi) is 7.34. The molecule has 2 atom stereocenters. The molecule has 4 aromatic heterocycles. The Bertz CT molecular complexity index is 1480. The molecule has 208 valence electrons. The number of ether oxygens (including phenoxy) is 1. The maximum absolute atomic E-state index is 11.8. The Morgan fingerprint density at radius 2 is 1.44 bits per heavy atom. The second-order valence-electron chi connectivity index (χ2n) is 13.5. The number of rotatable bonds is 2. The number of aromatic nitrogens is 4. The number of nitrogens with zero attached hydrogens (tertiary/aromatic N) is 2. The quantitative estimate of drug-likeness (QED) is 0.262. The van der Waals surface area contributed by atoms with Crippen LogP contribution in [0.3, 0.4) is 0 Å².